The summed E-state index contributed by atoms with van der Waals surface area (Å²) in [6.45, 7) is 4.22. The third-order valence-corrected chi connectivity index (χ3v) is 5.89. The summed E-state index contributed by atoms with van der Waals surface area (Å²) in [6, 6.07) is 8.03. The Morgan fingerprint density at radius 2 is 1.91 bits per heavy atom. The molecular weight excluding hydrogens is 431 g/mol. The number of pyridine rings is 1. The van der Waals surface area contributed by atoms with Crippen molar-refractivity contribution in [2.24, 2.45) is 0 Å². The van der Waals surface area contributed by atoms with Gasteiger partial charge in [-0.1, -0.05) is 12.1 Å². The zero-order valence-corrected chi connectivity index (χ0v) is 18.4. The van der Waals surface area contributed by atoms with Gasteiger partial charge in [0.1, 0.15) is 23.5 Å². The number of aliphatic hydroxyl groups excluding tert-OH is 1. The van der Waals surface area contributed by atoms with Crippen molar-refractivity contribution in [2.45, 2.75) is 32.5 Å². The van der Waals surface area contributed by atoms with Gasteiger partial charge in [0.15, 0.2) is 5.65 Å². The van der Waals surface area contributed by atoms with Crippen LogP contribution >= 0.6 is 11.3 Å². The van der Waals surface area contributed by atoms with Crippen LogP contribution in [0.25, 0.3) is 10.3 Å². The number of anilines is 1. The van der Waals surface area contributed by atoms with E-state index in [1.165, 1.54) is 17.4 Å². The van der Waals surface area contributed by atoms with E-state index in [9.17, 15) is 14.6 Å². The van der Waals surface area contributed by atoms with E-state index in [2.05, 4.69) is 30.6 Å². The van der Waals surface area contributed by atoms with Gasteiger partial charge in [-0.05, 0) is 49.6 Å². The SMILES string of the molecule is Cc1nc2nc(N[C@@H](C)c3cncc(F)c3)nc(C(O)NCCc3ccc(O)cc3)c2s1. The fourth-order valence-electron chi connectivity index (χ4n) is 3.25. The van der Waals surface area contributed by atoms with Crippen molar-refractivity contribution in [1.29, 1.82) is 0 Å². The molecule has 1 unspecified atom stereocenters. The van der Waals surface area contributed by atoms with E-state index in [0.717, 1.165) is 16.8 Å². The monoisotopic (exact) mass is 454 g/mol. The number of nitrogens with one attached hydrogen (secondary N) is 2. The number of aliphatic hydroxyl groups is 1. The Bertz CT molecular complexity index is 1220. The van der Waals surface area contributed by atoms with E-state index in [1.807, 2.05) is 26.0 Å². The van der Waals surface area contributed by atoms with E-state index in [4.69, 9.17) is 0 Å². The van der Waals surface area contributed by atoms with Gasteiger partial charge in [-0.25, -0.2) is 14.4 Å². The lowest BCUT2D eigenvalue weighted by Crippen LogP contribution is -2.25. The zero-order valence-electron chi connectivity index (χ0n) is 17.6. The summed E-state index contributed by atoms with van der Waals surface area (Å²) in [4.78, 5) is 17.3. The smallest absolute Gasteiger partial charge is 0.225 e. The van der Waals surface area contributed by atoms with E-state index in [1.54, 1.807) is 18.3 Å². The van der Waals surface area contributed by atoms with Gasteiger partial charge in [-0.2, -0.15) is 4.98 Å². The lowest BCUT2D eigenvalue weighted by Gasteiger charge is -2.17. The predicted molar refractivity (Wildman–Crippen MR) is 121 cm³/mol. The number of hydrogen-bond acceptors (Lipinski definition) is 9. The highest BCUT2D eigenvalue weighted by Crippen LogP contribution is 2.28. The number of halogens is 1. The molecule has 4 rings (SSSR count). The van der Waals surface area contributed by atoms with Crippen LogP contribution in [-0.4, -0.2) is 36.7 Å². The van der Waals surface area contributed by atoms with Crippen molar-refractivity contribution in [3.8, 4) is 5.75 Å². The molecule has 0 bridgehead atoms. The maximum atomic E-state index is 13.5. The minimum atomic E-state index is -1.02. The first-order valence-corrected chi connectivity index (χ1v) is 10.9. The summed E-state index contributed by atoms with van der Waals surface area (Å²) in [5.74, 6) is 0.0829. The molecule has 0 saturated carbocycles. The molecule has 0 aliphatic heterocycles. The van der Waals surface area contributed by atoms with Gasteiger partial charge in [-0.3, -0.25) is 10.3 Å². The minimum Gasteiger partial charge on any atom is -0.508 e. The Balaban J connectivity index is 1.52. The average molecular weight is 455 g/mol. The molecule has 0 radical (unpaired) electrons. The number of aromatic hydroxyl groups is 1. The number of phenols is 1. The number of fused-ring (bicyclic) bond motifs is 1. The summed E-state index contributed by atoms with van der Waals surface area (Å²) in [5.41, 5.74) is 2.60. The third-order valence-electron chi connectivity index (χ3n) is 4.91. The number of benzene rings is 1. The number of nitrogens with zero attached hydrogens (tertiary/aromatic N) is 4. The molecule has 2 atom stereocenters. The predicted octanol–water partition coefficient (Wildman–Crippen LogP) is 3.63. The number of aromatic nitrogens is 4. The first-order chi connectivity index (χ1) is 15.4. The van der Waals surface area contributed by atoms with E-state index in [0.29, 0.717) is 34.6 Å². The normalized spacial score (nSPS) is 13.2. The van der Waals surface area contributed by atoms with E-state index >= 15 is 0 Å². The average Bonchev–Trinajstić information content (AvgIpc) is 3.14. The van der Waals surface area contributed by atoms with Crippen molar-refractivity contribution < 1.29 is 14.6 Å². The Morgan fingerprint density at radius 1 is 1.12 bits per heavy atom. The highest BCUT2D eigenvalue weighted by atomic mass is 32.1. The third kappa shape index (κ3) is 5.16. The molecule has 0 saturated heterocycles. The number of rotatable bonds is 8. The van der Waals surface area contributed by atoms with Crippen LogP contribution in [0.3, 0.4) is 0 Å². The fraction of sp³-hybridized carbons (Fsp3) is 0.273. The zero-order chi connectivity index (χ0) is 22.7. The van der Waals surface area contributed by atoms with Gasteiger partial charge in [0, 0.05) is 12.7 Å². The Labute approximate surface area is 188 Å². The molecule has 0 amide bonds. The van der Waals surface area contributed by atoms with Crippen molar-refractivity contribution >= 4 is 27.6 Å². The van der Waals surface area contributed by atoms with Crippen LogP contribution in [0, 0.1) is 12.7 Å². The molecule has 32 heavy (non-hydrogen) atoms. The van der Waals surface area contributed by atoms with E-state index in [-0.39, 0.29) is 17.7 Å². The lowest BCUT2D eigenvalue weighted by atomic mass is 10.1. The summed E-state index contributed by atoms with van der Waals surface area (Å²) in [7, 11) is 0. The highest BCUT2D eigenvalue weighted by molar-refractivity contribution is 7.18. The molecule has 166 valence electrons. The molecule has 10 heteroatoms. The number of hydrogen-bond donors (Lipinski definition) is 4. The molecule has 8 nitrogen and oxygen atoms in total. The second kappa shape index (κ2) is 9.51. The van der Waals surface area contributed by atoms with Crippen LogP contribution in [-0.2, 0) is 6.42 Å². The minimum absolute atomic E-state index is 0.217. The maximum Gasteiger partial charge on any atom is 0.225 e. The van der Waals surface area contributed by atoms with Gasteiger partial charge < -0.3 is 15.5 Å². The van der Waals surface area contributed by atoms with Gasteiger partial charge in [0.25, 0.3) is 0 Å². The Hall–Kier alpha value is -3.21. The van der Waals surface area contributed by atoms with Crippen LogP contribution in [0.4, 0.5) is 10.3 Å². The van der Waals surface area contributed by atoms with Crippen molar-refractivity contribution in [2.75, 3.05) is 11.9 Å². The highest BCUT2D eigenvalue weighted by Gasteiger charge is 2.19. The maximum absolute atomic E-state index is 13.5. The fourth-order valence-corrected chi connectivity index (χ4v) is 4.13. The van der Waals surface area contributed by atoms with Crippen molar-refractivity contribution in [3.05, 3.63) is 70.4 Å². The van der Waals surface area contributed by atoms with Gasteiger partial charge in [0.2, 0.25) is 5.95 Å². The molecule has 1 aromatic carbocycles. The Morgan fingerprint density at radius 3 is 2.66 bits per heavy atom. The first kappa shape index (κ1) is 22.0. The number of phenolic OH excluding ortho intramolecular Hbond substituents is 1. The number of thiazole rings is 1. The summed E-state index contributed by atoms with van der Waals surface area (Å²) >= 11 is 1.41. The second-order valence-electron chi connectivity index (χ2n) is 7.39. The largest absolute Gasteiger partial charge is 0.508 e. The summed E-state index contributed by atoms with van der Waals surface area (Å²) in [5, 5.41) is 27.2. The molecule has 4 aromatic rings. The summed E-state index contributed by atoms with van der Waals surface area (Å²) < 4.78 is 14.2. The molecule has 0 aliphatic rings. The molecular formula is C22H23FN6O2S. The molecule has 0 aliphatic carbocycles. The standard InChI is InChI=1S/C22H23FN6O2S/c1-12(15-9-16(23)11-24-10-15)26-22-28-18(19-20(29-22)27-13(2)32-19)21(31)25-8-7-14-3-5-17(30)6-4-14/h3-6,9-12,21,25,30-31H,7-8H2,1-2H3,(H,26,28,29)/t12-,21?/m0/s1. The topological polar surface area (TPSA) is 116 Å². The molecule has 3 aromatic heterocycles. The molecule has 0 fully saturated rings. The lowest BCUT2D eigenvalue weighted by molar-refractivity contribution is 0.137. The second-order valence-corrected chi connectivity index (χ2v) is 8.60. The van der Waals surface area contributed by atoms with Crippen LogP contribution in [0.5, 0.6) is 5.75 Å². The first-order valence-electron chi connectivity index (χ1n) is 10.1. The van der Waals surface area contributed by atoms with Crippen molar-refractivity contribution in [3.63, 3.8) is 0 Å². The molecule has 3 heterocycles. The Kier molecular flexibility index (Phi) is 6.54. The van der Waals surface area contributed by atoms with Crippen molar-refractivity contribution in [1.82, 2.24) is 25.3 Å². The van der Waals surface area contributed by atoms with Gasteiger partial charge in [-0.15, -0.1) is 11.3 Å². The van der Waals surface area contributed by atoms with Gasteiger partial charge in [0.05, 0.1) is 21.9 Å². The number of aryl methyl sites for hydroxylation is 1. The molecule has 0 spiro atoms. The summed E-state index contributed by atoms with van der Waals surface area (Å²) in [6.07, 6.45) is 2.37. The van der Waals surface area contributed by atoms with Crippen LogP contribution in [0.1, 0.15) is 41.0 Å². The van der Waals surface area contributed by atoms with Crippen LogP contribution in [0.2, 0.25) is 0 Å². The van der Waals surface area contributed by atoms with E-state index < -0.39 is 12.0 Å². The van der Waals surface area contributed by atoms with Gasteiger partial charge >= 0.3 is 0 Å². The van der Waals surface area contributed by atoms with Crippen LogP contribution in [0.15, 0.2) is 42.7 Å². The molecule has 4 N–H and O–H groups in total. The van der Waals surface area contributed by atoms with Crippen LogP contribution < -0.4 is 10.6 Å². The quantitative estimate of drug-likeness (QED) is 0.298.